The van der Waals surface area contributed by atoms with Gasteiger partial charge in [0.2, 0.25) is 35.4 Å². The summed E-state index contributed by atoms with van der Waals surface area (Å²) in [7, 11) is 0. The van der Waals surface area contributed by atoms with Crippen LogP contribution >= 0.6 is 0 Å². The van der Waals surface area contributed by atoms with Gasteiger partial charge in [-0.25, -0.2) is 8.78 Å². The molecule has 1 unspecified atom stereocenters. The number of halogens is 2. The van der Waals surface area contributed by atoms with Crippen LogP contribution < -0.4 is 21.7 Å². The first-order valence-corrected chi connectivity index (χ1v) is 28.3. The van der Waals surface area contributed by atoms with Gasteiger partial charge in [0, 0.05) is 92.2 Å². The molecule has 1 aliphatic carbocycles. The van der Waals surface area contributed by atoms with Crippen molar-refractivity contribution in [3.63, 3.8) is 0 Å². The summed E-state index contributed by atoms with van der Waals surface area (Å²) in [6.07, 6.45) is 8.15. The van der Waals surface area contributed by atoms with Crippen molar-refractivity contribution in [3.8, 4) is 11.8 Å². The third-order valence-corrected chi connectivity index (χ3v) is 17.5. The molecular formula is C61H68F2N8O9. The molecule has 6 heterocycles. The maximum Gasteiger partial charge on any atom is 0.270 e. The van der Waals surface area contributed by atoms with Gasteiger partial charge in [0.1, 0.15) is 23.8 Å². The number of primary amides is 1. The van der Waals surface area contributed by atoms with Crippen LogP contribution in [0.15, 0.2) is 66.7 Å². The van der Waals surface area contributed by atoms with Crippen LogP contribution in [-0.2, 0) is 52.4 Å². The SMILES string of the molecule is CC(F)(F)c1ccc2[nH]c(C(=O)N[C@H]3Cc4ccccc4[C@H]4CC[C@@H](C(=O)N[C@@H](CCC(N)=O)C(=O)C[C@H](C(=O)N5CCC(CCC#Cc6cccc7c6CN(C6CCC(=O)NC6=O)C7=O)CC5)C5CCCCC5)N4C3=O)cc2c1. The number of fused-ring (bicyclic) bond motifs is 5. The molecule has 0 bridgehead atoms. The predicted octanol–water partition coefficient (Wildman–Crippen LogP) is 6.40. The molecule has 0 spiro atoms. The zero-order valence-electron chi connectivity index (χ0n) is 45.0. The van der Waals surface area contributed by atoms with Crippen molar-refractivity contribution in [2.45, 2.75) is 159 Å². The Kier molecular flexibility index (Phi) is 16.3. The first kappa shape index (κ1) is 55.6. The number of nitrogens with one attached hydrogen (secondary N) is 4. The first-order chi connectivity index (χ1) is 38.4. The van der Waals surface area contributed by atoms with Crippen LogP contribution in [0.3, 0.4) is 0 Å². The molecule has 0 radical (unpaired) electrons. The number of alkyl halides is 2. The van der Waals surface area contributed by atoms with Crippen molar-refractivity contribution >= 4 is 63.9 Å². The van der Waals surface area contributed by atoms with E-state index in [0.29, 0.717) is 48.3 Å². The Hall–Kier alpha value is -7.75. The number of Topliss-reactive ketones (excluding diaryl/α,β-unsaturated/α-hetero) is 1. The normalized spacial score (nSPS) is 22.3. The number of nitrogens with zero attached hydrogens (tertiary/aromatic N) is 3. The molecule has 6 N–H and O–H groups in total. The lowest BCUT2D eigenvalue weighted by atomic mass is 9.76. The lowest BCUT2D eigenvalue weighted by Crippen LogP contribution is -2.55. The molecular weight excluding hydrogens is 1030 g/mol. The summed E-state index contributed by atoms with van der Waals surface area (Å²) >= 11 is 0. The van der Waals surface area contributed by atoms with Gasteiger partial charge in [0.25, 0.3) is 17.7 Å². The lowest BCUT2D eigenvalue weighted by molar-refractivity contribution is -0.144. The van der Waals surface area contributed by atoms with E-state index in [1.807, 2.05) is 35.2 Å². The van der Waals surface area contributed by atoms with Gasteiger partial charge in [0.05, 0.1) is 12.1 Å². The number of carbonyl (C=O) groups is 9. The molecule has 420 valence electrons. The van der Waals surface area contributed by atoms with Crippen molar-refractivity contribution in [1.29, 1.82) is 0 Å². The van der Waals surface area contributed by atoms with Gasteiger partial charge in [-0.2, -0.15) is 0 Å². The first-order valence-electron chi connectivity index (χ1n) is 28.3. The molecule has 4 aromatic rings. The van der Waals surface area contributed by atoms with Gasteiger partial charge >= 0.3 is 0 Å². The molecule has 17 nitrogen and oxygen atoms in total. The van der Waals surface area contributed by atoms with Crippen molar-refractivity contribution in [2.24, 2.45) is 23.5 Å². The number of hydrogen-bond acceptors (Lipinski definition) is 9. The number of amides is 8. The number of carbonyl (C=O) groups excluding carboxylic acids is 9. The fraction of sp³-hybridized carbons (Fsp3) is 0.492. The monoisotopic (exact) mass is 1090 g/mol. The summed E-state index contributed by atoms with van der Waals surface area (Å²) in [5.74, 6) is -0.879. The Morgan fingerprint density at radius 2 is 1.65 bits per heavy atom. The van der Waals surface area contributed by atoms with Crippen LogP contribution in [0.1, 0.15) is 164 Å². The van der Waals surface area contributed by atoms with Gasteiger partial charge in [-0.05, 0) is 117 Å². The number of ketones is 1. The highest BCUT2D eigenvalue weighted by Gasteiger charge is 2.48. The predicted molar refractivity (Wildman–Crippen MR) is 290 cm³/mol. The Morgan fingerprint density at radius 1 is 0.875 bits per heavy atom. The van der Waals surface area contributed by atoms with Crippen LogP contribution in [0.4, 0.5) is 8.78 Å². The zero-order chi connectivity index (χ0) is 56.4. The second-order valence-electron chi connectivity index (χ2n) is 22.7. The van der Waals surface area contributed by atoms with Crippen LogP contribution in [0.2, 0.25) is 0 Å². The second kappa shape index (κ2) is 23.5. The van der Waals surface area contributed by atoms with Crippen LogP contribution in [0, 0.1) is 29.6 Å². The number of nitrogens with two attached hydrogens (primary N) is 1. The smallest absolute Gasteiger partial charge is 0.270 e. The molecule has 4 fully saturated rings. The average molecular weight is 1100 g/mol. The summed E-state index contributed by atoms with van der Waals surface area (Å²) in [6, 6.07) is 13.8. The number of benzene rings is 3. The number of aromatic nitrogens is 1. The van der Waals surface area contributed by atoms with Gasteiger partial charge < -0.3 is 36.1 Å². The number of hydrogen-bond donors (Lipinski definition) is 5. The molecule has 80 heavy (non-hydrogen) atoms. The number of piperidine rings is 2. The topological polar surface area (TPSA) is 241 Å². The number of aromatic amines is 1. The van der Waals surface area contributed by atoms with E-state index in [1.165, 1.54) is 34.1 Å². The van der Waals surface area contributed by atoms with Crippen LogP contribution in [0.5, 0.6) is 0 Å². The molecule has 3 saturated heterocycles. The molecule has 8 amide bonds. The molecule has 6 atom stereocenters. The molecule has 10 rings (SSSR count). The molecule has 5 aliphatic heterocycles. The molecule has 1 aromatic heterocycles. The van der Waals surface area contributed by atoms with Crippen LogP contribution in [0.25, 0.3) is 10.9 Å². The van der Waals surface area contributed by atoms with Crippen molar-refractivity contribution < 1.29 is 51.9 Å². The minimum atomic E-state index is -3.09. The minimum Gasteiger partial charge on any atom is -0.370 e. The van der Waals surface area contributed by atoms with Gasteiger partial charge in [-0.15, -0.1) is 0 Å². The Labute approximate surface area is 462 Å². The Bertz CT molecular complexity index is 3200. The zero-order valence-corrected chi connectivity index (χ0v) is 45.0. The van der Waals surface area contributed by atoms with Crippen LogP contribution in [-0.4, -0.2) is 110 Å². The summed E-state index contributed by atoms with van der Waals surface area (Å²) in [5, 5.41) is 8.49. The fourth-order valence-corrected chi connectivity index (χ4v) is 13.1. The highest BCUT2D eigenvalue weighted by atomic mass is 19.3. The number of rotatable bonds is 16. The van der Waals surface area contributed by atoms with Gasteiger partial charge in [0.15, 0.2) is 5.78 Å². The Morgan fingerprint density at radius 3 is 2.40 bits per heavy atom. The van der Waals surface area contributed by atoms with Crippen molar-refractivity contribution in [1.82, 2.24) is 35.6 Å². The maximum atomic E-state index is 14.8. The number of likely N-dealkylation sites (tertiary alicyclic amines) is 1. The molecule has 19 heteroatoms. The quantitative estimate of drug-likeness (QED) is 0.0615. The Balaban J connectivity index is 0.784. The van der Waals surface area contributed by atoms with E-state index in [0.717, 1.165) is 80.5 Å². The van der Waals surface area contributed by atoms with E-state index >= 15 is 0 Å². The second-order valence-corrected chi connectivity index (χ2v) is 22.7. The van der Waals surface area contributed by atoms with E-state index in [9.17, 15) is 51.9 Å². The van der Waals surface area contributed by atoms with E-state index in [4.69, 9.17) is 5.73 Å². The van der Waals surface area contributed by atoms with E-state index in [1.54, 1.807) is 12.1 Å². The number of H-pyrrole nitrogens is 1. The molecule has 6 aliphatic rings. The summed E-state index contributed by atoms with van der Waals surface area (Å²) in [6.45, 7) is 2.06. The fourth-order valence-electron chi connectivity index (χ4n) is 13.1. The van der Waals surface area contributed by atoms with Gasteiger partial charge in [-0.1, -0.05) is 67.5 Å². The van der Waals surface area contributed by atoms with Crippen molar-refractivity contribution in [2.75, 3.05) is 13.1 Å². The maximum absolute atomic E-state index is 14.8. The highest BCUT2D eigenvalue weighted by molar-refractivity contribution is 6.06. The van der Waals surface area contributed by atoms with Crippen molar-refractivity contribution in [3.05, 3.63) is 106 Å². The van der Waals surface area contributed by atoms with E-state index in [-0.39, 0.29) is 86.4 Å². The number of imide groups is 1. The average Bonchev–Trinajstić information content (AvgIpc) is 4.18. The molecule has 1 saturated carbocycles. The highest BCUT2D eigenvalue weighted by Crippen LogP contribution is 2.42. The molecule has 3 aromatic carbocycles. The minimum absolute atomic E-state index is 0.0491. The third-order valence-electron chi connectivity index (χ3n) is 17.5. The standard InChI is InChI=1S/C61H68F2N8O9/c1-61(62,63)40-18-19-45-39(30-40)32-47(65-45)55(75)67-48-31-38-14-7-8-16-41(38)49-21-22-51(71(49)60(48)80)57(77)66-46(20-24-53(64)73)52(72)33-43(36-11-3-2-4-12-36)58(78)69-28-26-35(27-29-69)10-5-6-13-37-15-9-17-42-44(37)34-70(59(42)79)50-23-25-54(74)68-56(50)76/h7-9,14-19,30,32,35-36,43,46,48-51,65H,2-5,10-12,20-29,31,33-34H2,1H3,(H2,64,73)(H,66,77)(H,67,75)(H,68,74,76)/t43-,46-,48-,49+,50?,51-/m0/s1. The summed E-state index contributed by atoms with van der Waals surface area (Å²) in [5.41, 5.74) is 9.57. The van der Waals surface area contributed by atoms with E-state index < -0.39 is 77.4 Å². The third kappa shape index (κ3) is 11.9. The largest absolute Gasteiger partial charge is 0.370 e. The lowest BCUT2D eigenvalue weighted by Gasteiger charge is -2.37. The van der Waals surface area contributed by atoms with Gasteiger partial charge in [-0.3, -0.25) is 48.5 Å². The van der Waals surface area contributed by atoms with E-state index in [2.05, 4.69) is 32.8 Å². The summed E-state index contributed by atoms with van der Waals surface area (Å²) in [4.78, 5) is 130. The summed E-state index contributed by atoms with van der Waals surface area (Å²) < 4.78 is 28.3.